The summed E-state index contributed by atoms with van der Waals surface area (Å²) in [5.41, 5.74) is 1.15. The van der Waals surface area contributed by atoms with Crippen LogP contribution in [0, 0.1) is 0 Å². The lowest BCUT2D eigenvalue weighted by Crippen LogP contribution is -2.42. The van der Waals surface area contributed by atoms with Crippen LogP contribution >= 0.6 is 35.3 Å². The van der Waals surface area contributed by atoms with Crippen molar-refractivity contribution in [2.45, 2.75) is 17.2 Å². The van der Waals surface area contributed by atoms with Crippen molar-refractivity contribution in [3.8, 4) is 0 Å². The number of rotatable bonds is 7. The molecule has 1 heterocycles. The summed E-state index contributed by atoms with van der Waals surface area (Å²) in [6.45, 7) is 2.76. The SMILES string of the molecule is CN=C(NCCNS(=O)(=O)c1cccs1)NC(C)c1ccc2ccccc2c1.I. The molecule has 0 bridgehead atoms. The quantitative estimate of drug-likeness (QED) is 0.183. The van der Waals surface area contributed by atoms with Crippen molar-refractivity contribution < 1.29 is 8.42 Å². The minimum Gasteiger partial charge on any atom is -0.355 e. The summed E-state index contributed by atoms with van der Waals surface area (Å²) in [4.78, 5) is 4.22. The molecule has 0 aliphatic rings. The number of hydrogen-bond acceptors (Lipinski definition) is 4. The van der Waals surface area contributed by atoms with Crippen LogP contribution in [-0.2, 0) is 10.0 Å². The Morgan fingerprint density at radius 1 is 1.07 bits per heavy atom. The van der Waals surface area contributed by atoms with Gasteiger partial charge in [0.1, 0.15) is 4.21 Å². The van der Waals surface area contributed by atoms with Crippen molar-refractivity contribution in [2.24, 2.45) is 4.99 Å². The summed E-state index contributed by atoms with van der Waals surface area (Å²) in [7, 11) is -1.75. The van der Waals surface area contributed by atoms with Crippen LogP contribution in [0.3, 0.4) is 0 Å². The standard InChI is InChI=1S/C20H24N4O2S2.HI/c1-15(17-10-9-16-6-3-4-7-18(16)14-17)24-20(21-2)22-11-12-23-28(25,26)19-8-5-13-27-19;/h3-10,13-15,23H,11-12H2,1-2H3,(H2,21,22,24);1H. The molecule has 1 unspecified atom stereocenters. The van der Waals surface area contributed by atoms with Crippen molar-refractivity contribution in [3.63, 3.8) is 0 Å². The van der Waals surface area contributed by atoms with Gasteiger partial charge >= 0.3 is 0 Å². The topological polar surface area (TPSA) is 82.6 Å². The minimum atomic E-state index is -3.44. The Kier molecular flexibility index (Phi) is 8.87. The van der Waals surface area contributed by atoms with Gasteiger partial charge in [-0.15, -0.1) is 35.3 Å². The fourth-order valence-electron chi connectivity index (χ4n) is 2.81. The highest BCUT2D eigenvalue weighted by molar-refractivity contribution is 14.0. The van der Waals surface area contributed by atoms with Crippen molar-refractivity contribution >= 4 is 62.1 Å². The lowest BCUT2D eigenvalue weighted by Gasteiger charge is -2.19. The fraction of sp³-hybridized carbons (Fsp3) is 0.250. The molecule has 2 aromatic carbocycles. The van der Waals surface area contributed by atoms with E-state index in [1.165, 1.54) is 22.1 Å². The molecule has 0 aliphatic carbocycles. The number of hydrogen-bond donors (Lipinski definition) is 3. The molecule has 3 aromatic rings. The zero-order chi connectivity index (χ0) is 20.0. The second kappa shape index (κ2) is 10.9. The van der Waals surface area contributed by atoms with E-state index in [0.717, 1.165) is 5.56 Å². The molecule has 0 amide bonds. The second-order valence-electron chi connectivity index (χ2n) is 6.30. The number of sulfonamides is 1. The van der Waals surface area contributed by atoms with Crippen LogP contribution in [0.5, 0.6) is 0 Å². The predicted molar refractivity (Wildman–Crippen MR) is 132 cm³/mol. The molecular formula is C20H25IN4O2S2. The lowest BCUT2D eigenvalue weighted by atomic mass is 10.0. The molecule has 0 radical (unpaired) electrons. The Labute approximate surface area is 192 Å². The monoisotopic (exact) mass is 544 g/mol. The number of guanidine groups is 1. The van der Waals surface area contributed by atoms with Crippen molar-refractivity contribution in [3.05, 3.63) is 65.5 Å². The average Bonchev–Trinajstić information content (AvgIpc) is 3.25. The van der Waals surface area contributed by atoms with Gasteiger partial charge in [0, 0.05) is 20.1 Å². The molecule has 0 saturated carbocycles. The zero-order valence-electron chi connectivity index (χ0n) is 16.3. The van der Waals surface area contributed by atoms with Crippen LogP contribution in [0.15, 0.2) is 69.2 Å². The Bertz CT molecular complexity index is 1050. The van der Waals surface area contributed by atoms with Gasteiger partial charge in [-0.2, -0.15) is 0 Å². The van der Waals surface area contributed by atoms with Gasteiger partial charge in [0.25, 0.3) is 0 Å². The van der Waals surface area contributed by atoms with E-state index in [4.69, 9.17) is 0 Å². The first kappa shape index (κ1) is 23.6. The van der Waals surface area contributed by atoms with Crippen molar-refractivity contribution in [2.75, 3.05) is 20.1 Å². The number of aliphatic imine (C=N–C) groups is 1. The van der Waals surface area contributed by atoms with E-state index in [9.17, 15) is 8.42 Å². The third-order valence-electron chi connectivity index (χ3n) is 4.32. The van der Waals surface area contributed by atoms with E-state index >= 15 is 0 Å². The highest BCUT2D eigenvalue weighted by Gasteiger charge is 2.14. The maximum Gasteiger partial charge on any atom is 0.250 e. The number of thiophene rings is 1. The summed E-state index contributed by atoms with van der Waals surface area (Å²) in [6.07, 6.45) is 0. The maximum atomic E-state index is 12.1. The third-order valence-corrected chi connectivity index (χ3v) is 7.18. The lowest BCUT2D eigenvalue weighted by molar-refractivity contribution is 0.582. The Morgan fingerprint density at radius 3 is 2.52 bits per heavy atom. The Hall–Kier alpha value is -1.69. The van der Waals surface area contributed by atoms with Gasteiger partial charge in [-0.3, -0.25) is 4.99 Å². The van der Waals surface area contributed by atoms with Crippen LogP contribution in [0.4, 0.5) is 0 Å². The van der Waals surface area contributed by atoms with Crippen LogP contribution in [0.1, 0.15) is 18.5 Å². The van der Waals surface area contributed by atoms with Crippen LogP contribution < -0.4 is 15.4 Å². The number of benzene rings is 2. The van der Waals surface area contributed by atoms with Gasteiger partial charge in [0.2, 0.25) is 10.0 Å². The first-order chi connectivity index (χ1) is 13.5. The van der Waals surface area contributed by atoms with E-state index in [0.29, 0.717) is 16.7 Å². The number of nitrogens with zero attached hydrogens (tertiary/aromatic N) is 1. The molecule has 0 aliphatic heterocycles. The average molecular weight is 544 g/mol. The number of halogens is 1. The molecule has 9 heteroatoms. The molecule has 3 rings (SSSR count). The van der Waals surface area contributed by atoms with Crippen LogP contribution in [-0.4, -0.2) is 34.5 Å². The summed E-state index contributed by atoms with van der Waals surface area (Å²) < 4.78 is 27.1. The van der Waals surface area contributed by atoms with Gasteiger partial charge in [-0.05, 0) is 40.8 Å². The predicted octanol–water partition coefficient (Wildman–Crippen LogP) is 3.72. The van der Waals surface area contributed by atoms with Gasteiger partial charge < -0.3 is 10.6 Å². The molecule has 0 fully saturated rings. The highest BCUT2D eigenvalue weighted by Crippen LogP contribution is 2.20. The third kappa shape index (κ3) is 6.39. The normalized spacial score (nSPS) is 13.0. The van der Waals surface area contributed by atoms with E-state index < -0.39 is 10.0 Å². The van der Waals surface area contributed by atoms with Crippen LogP contribution in [0.25, 0.3) is 10.8 Å². The molecule has 156 valence electrons. The van der Waals surface area contributed by atoms with E-state index in [2.05, 4.69) is 57.6 Å². The summed E-state index contributed by atoms with van der Waals surface area (Å²) in [6, 6.07) is 18.0. The first-order valence-electron chi connectivity index (χ1n) is 8.98. The molecule has 6 nitrogen and oxygen atoms in total. The van der Waals surface area contributed by atoms with E-state index in [-0.39, 0.29) is 36.6 Å². The van der Waals surface area contributed by atoms with Gasteiger partial charge in [0.15, 0.2) is 5.96 Å². The van der Waals surface area contributed by atoms with Gasteiger partial charge in [-0.25, -0.2) is 13.1 Å². The summed E-state index contributed by atoms with van der Waals surface area (Å²) in [5.74, 6) is 0.621. The Balaban J connectivity index is 0.00000300. The maximum absolute atomic E-state index is 12.1. The van der Waals surface area contributed by atoms with Crippen LogP contribution in [0.2, 0.25) is 0 Å². The Morgan fingerprint density at radius 2 is 1.83 bits per heavy atom. The van der Waals surface area contributed by atoms with Gasteiger partial charge in [-0.1, -0.05) is 42.5 Å². The van der Waals surface area contributed by atoms with E-state index in [1.807, 2.05) is 12.1 Å². The fourth-order valence-corrected chi connectivity index (χ4v) is 4.88. The number of nitrogens with one attached hydrogen (secondary N) is 3. The molecular weight excluding hydrogens is 519 g/mol. The summed E-state index contributed by atoms with van der Waals surface area (Å²) >= 11 is 1.20. The molecule has 1 atom stereocenters. The number of fused-ring (bicyclic) bond motifs is 1. The smallest absolute Gasteiger partial charge is 0.250 e. The van der Waals surface area contributed by atoms with Crippen molar-refractivity contribution in [1.82, 2.24) is 15.4 Å². The highest BCUT2D eigenvalue weighted by atomic mass is 127. The molecule has 3 N–H and O–H groups in total. The molecule has 1 aromatic heterocycles. The molecule has 0 spiro atoms. The largest absolute Gasteiger partial charge is 0.355 e. The molecule has 29 heavy (non-hydrogen) atoms. The van der Waals surface area contributed by atoms with Gasteiger partial charge in [0.05, 0.1) is 6.04 Å². The summed E-state index contributed by atoms with van der Waals surface area (Å²) in [5, 5.41) is 10.6. The zero-order valence-corrected chi connectivity index (χ0v) is 20.2. The second-order valence-corrected chi connectivity index (χ2v) is 9.24. The van der Waals surface area contributed by atoms with E-state index in [1.54, 1.807) is 24.6 Å². The molecule has 0 saturated heterocycles. The van der Waals surface area contributed by atoms with Crippen molar-refractivity contribution in [1.29, 1.82) is 0 Å². The minimum absolute atomic E-state index is 0. The first-order valence-corrected chi connectivity index (χ1v) is 11.3.